The Morgan fingerprint density at radius 2 is 2.00 bits per heavy atom. The number of hydrogen-bond donors (Lipinski definition) is 2. The third kappa shape index (κ3) is 3.86. The van der Waals surface area contributed by atoms with Gasteiger partial charge in [0.15, 0.2) is 0 Å². The lowest BCUT2D eigenvalue weighted by Gasteiger charge is -2.18. The van der Waals surface area contributed by atoms with Crippen molar-refractivity contribution in [1.29, 1.82) is 0 Å². The summed E-state index contributed by atoms with van der Waals surface area (Å²) >= 11 is 0. The molecular weight excluding hydrogens is 214 g/mol. The Labute approximate surface area is 103 Å². The number of carboxylic acid groups (broad SMARTS) is 1. The average molecular weight is 235 g/mol. The molecule has 0 saturated heterocycles. The lowest BCUT2D eigenvalue weighted by Crippen LogP contribution is -2.31. The molecule has 1 atom stereocenters. The third-order valence-electron chi connectivity index (χ3n) is 2.71. The monoisotopic (exact) mass is 235 g/mol. The van der Waals surface area contributed by atoms with Gasteiger partial charge in [-0.05, 0) is 37.4 Å². The summed E-state index contributed by atoms with van der Waals surface area (Å²) in [6, 6.07) is 5.26. The van der Waals surface area contributed by atoms with E-state index in [9.17, 15) is 9.90 Å². The number of benzene rings is 1. The molecule has 0 heterocycles. The maximum Gasteiger partial charge on any atom is 0.325 e. The van der Waals surface area contributed by atoms with Gasteiger partial charge in [0, 0.05) is 0 Å². The van der Waals surface area contributed by atoms with Crippen molar-refractivity contribution in [3.8, 4) is 0 Å². The Bertz CT molecular complexity index is 399. The predicted octanol–water partition coefficient (Wildman–Crippen LogP) is 2.67. The standard InChI is InChI=1S/C14H21NO2/c1-9(2)8-15-13(14(16)17)12-6-5-10(3)7-11(12)4/h5-7,9,13,15H,8H2,1-4H3,(H,16,17). The van der Waals surface area contributed by atoms with Gasteiger partial charge in [0.1, 0.15) is 6.04 Å². The fourth-order valence-corrected chi connectivity index (χ4v) is 1.83. The molecule has 0 aliphatic rings. The zero-order chi connectivity index (χ0) is 13.0. The summed E-state index contributed by atoms with van der Waals surface area (Å²) in [6.45, 7) is 8.79. The summed E-state index contributed by atoms with van der Waals surface area (Å²) in [7, 11) is 0. The summed E-state index contributed by atoms with van der Waals surface area (Å²) in [6.07, 6.45) is 0. The SMILES string of the molecule is Cc1ccc(C(NCC(C)C)C(=O)O)c(C)c1. The number of nitrogens with one attached hydrogen (secondary N) is 1. The van der Waals surface area contributed by atoms with Gasteiger partial charge >= 0.3 is 5.97 Å². The Hall–Kier alpha value is -1.35. The first-order chi connectivity index (χ1) is 7.91. The Morgan fingerprint density at radius 1 is 1.35 bits per heavy atom. The van der Waals surface area contributed by atoms with E-state index in [2.05, 4.69) is 19.2 Å². The molecule has 2 N–H and O–H groups in total. The molecule has 0 aliphatic heterocycles. The second-order valence-corrected chi connectivity index (χ2v) is 4.93. The first kappa shape index (κ1) is 13.7. The van der Waals surface area contributed by atoms with E-state index in [0.717, 1.165) is 16.7 Å². The van der Waals surface area contributed by atoms with Gasteiger partial charge in [-0.2, -0.15) is 0 Å². The van der Waals surface area contributed by atoms with Crippen LogP contribution < -0.4 is 5.32 Å². The molecule has 0 radical (unpaired) electrons. The van der Waals surface area contributed by atoms with Gasteiger partial charge in [-0.25, -0.2) is 0 Å². The number of aliphatic carboxylic acids is 1. The van der Waals surface area contributed by atoms with E-state index in [-0.39, 0.29) is 0 Å². The van der Waals surface area contributed by atoms with E-state index < -0.39 is 12.0 Å². The molecule has 0 spiro atoms. The van der Waals surface area contributed by atoms with Gasteiger partial charge < -0.3 is 10.4 Å². The molecular formula is C14H21NO2. The molecule has 3 heteroatoms. The highest BCUT2D eigenvalue weighted by atomic mass is 16.4. The molecule has 3 nitrogen and oxygen atoms in total. The van der Waals surface area contributed by atoms with E-state index in [0.29, 0.717) is 12.5 Å². The number of carboxylic acids is 1. The van der Waals surface area contributed by atoms with Crippen molar-refractivity contribution in [2.24, 2.45) is 5.92 Å². The molecule has 0 saturated carbocycles. The summed E-state index contributed by atoms with van der Waals surface area (Å²) in [5.41, 5.74) is 3.02. The number of aryl methyl sites for hydroxylation is 2. The van der Waals surface area contributed by atoms with Crippen molar-refractivity contribution in [2.75, 3.05) is 6.54 Å². The lowest BCUT2D eigenvalue weighted by atomic mass is 9.99. The van der Waals surface area contributed by atoms with Crippen LogP contribution in [0.4, 0.5) is 0 Å². The Kier molecular flexibility index (Phi) is 4.70. The Balaban J connectivity index is 2.93. The molecule has 1 unspecified atom stereocenters. The average Bonchev–Trinajstić information content (AvgIpc) is 2.20. The molecule has 1 rings (SSSR count). The van der Waals surface area contributed by atoms with Crippen molar-refractivity contribution in [3.63, 3.8) is 0 Å². The zero-order valence-electron chi connectivity index (χ0n) is 10.9. The molecule has 0 fully saturated rings. The molecule has 1 aromatic carbocycles. The first-order valence-electron chi connectivity index (χ1n) is 5.95. The summed E-state index contributed by atoms with van der Waals surface area (Å²) < 4.78 is 0. The number of rotatable bonds is 5. The summed E-state index contributed by atoms with van der Waals surface area (Å²) in [4.78, 5) is 11.3. The molecule has 0 bridgehead atoms. The van der Waals surface area contributed by atoms with Crippen molar-refractivity contribution >= 4 is 5.97 Å². The van der Waals surface area contributed by atoms with Crippen molar-refractivity contribution in [3.05, 3.63) is 34.9 Å². The smallest absolute Gasteiger partial charge is 0.325 e. The zero-order valence-corrected chi connectivity index (χ0v) is 10.9. The molecule has 17 heavy (non-hydrogen) atoms. The minimum absolute atomic E-state index is 0.433. The van der Waals surface area contributed by atoms with Crippen LogP contribution in [0.2, 0.25) is 0 Å². The highest BCUT2D eigenvalue weighted by Crippen LogP contribution is 2.19. The Morgan fingerprint density at radius 3 is 2.47 bits per heavy atom. The predicted molar refractivity (Wildman–Crippen MR) is 69.1 cm³/mol. The van der Waals surface area contributed by atoms with Crippen LogP contribution in [-0.4, -0.2) is 17.6 Å². The quantitative estimate of drug-likeness (QED) is 0.825. The van der Waals surface area contributed by atoms with Gasteiger partial charge in [0.05, 0.1) is 0 Å². The van der Waals surface area contributed by atoms with Crippen LogP contribution in [-0.2, 0) is 4.79 Å². The fraction of sp³-hybridized carbons (Fsp3) is 0.500. The van der Waals surface area contributed by atoms with Crippen LogP contribution in [0.1, 0.15) is 36.6 Å². The van der Waals surface area contributed by atoms with Crippen LogP contribution in [0.3, 0.4) is 0 Å². The van der Waals surface area contributed by atoms with E-state index in [1.165, 1.54) is 0 Å². The lowest BCUT2D eigenvalue weighted by molar-refractivity contribution is -0.139. The van der Waals surface area contributed by atoms with Crippen molar-refractivity contribution in [2.45, 2.75) is 33.7 Å². The second kappa shape index (κ2) is 5.82. The van der Waals surface area contributed by atoms with Gasteiger partial charge in [-0.15, -0.1) is 0 Å². The van der Waals surface area contributed by atoms with E-state index in [1.54, 1.807) is 0 Å². The van der Waals surface area contributed by atoms with E-state index in [4.69, 9.17) is 0 Å². The van der Waals surface area contributed by atoms with Gasteiger partial charge in [-0.3, -0.25) is 4.79 Å². The van der Waals surface area contributed by atoms with Gasteiger partial charge in [-0.1, -0.05) is 37.6 Å². The molecule has 0 aromatic heterocycles. The van der Waals surface area contributed by atoms with Crippen molar-refractivity contribution < 1.29 is 9.90 Å². The van der Waals surface area contributed by atoms with Crippen LogP contribution in [0.15, 0.2) is 18.2 Å². The van der Waals surface area contributed by atoms with Crippen LogP contribution in [0.5, 0.6) is 0 Å². The van der Waals surface area contributed by atoms with Crippen LogP contribution in [0.25, 0.3) is 0 Å². The van der Waals surface area contributed by atoms with Gasteiger partial charge in [0.2, 0.25) is 0 Å². The maximum atomic E-state index is 11.3. The maximum absolute atomic E-state index is 11.3. The molecule has 94 valence electrons. The third-order valence-corrected chi connectivity index (χ3v) is 2.71. The highest BCUT2D eigenvalue weighted by Gasteiger charge is 2.20. The topological polar surface area (TPSA) is 49.3 Å². The minimum Gasteiger partial charge on any atom is -0.480 e. The van der Waals surface area contributed by atoms with E-state index >= 15 is 0 Å². The van der Waals surface area contributed by atoms with Crippen LogP contribution in [0, 0.1) is 19.8 Å². The fourth-order valence-electron chi connectivity index (χ4n) is 1.83. The number of hydrogen-bond acceptors (Lipinski definition) is 2. The highest BCUT2D eigenvalue weighted by molar-refractivity contribution is 5.76. The molecule has 0 amide bonds. The van der Waals surface area contributed by atoms with E-state index in [1.807, 2.05) is 32.0 Å². The molecule has 1 aromatic rings. The van der Waals surface area contributed by atoms with Crippen LogP contribution >= 0.6 is 0 Å². The normalized spacial score (nSPS) is 12.8. The van der Waals surface area contributed by atoms with Gasteiger partial charge in [0.25, 0.3) is 0 Å². The molecule has 0 aliphatic carbocycles. The van der Waals surface area contributed by atoms with Crippen molar-refractivity contribution in [1.82, 2.24) is 5.32 Å². The minimum atomic E-state index is -0.822. The summed E-state index contributed by atoms with van der Waals surface area (Å²) in [5.74, 6) is -0.389. The second-order valence-electron chi connectivity index (χ2n) is 4.93. The number of carbonyl (C=O) groups is 1. The first-order valence-corrected chi connectivity index (χ1v) is 5.95. The largest absolute Gasteiger partial charge is 0.480 e. The summed E-state index contributed by atoms with van der Waals surface area (Å²) in [5, 5.41) is 12.4.